The van der Waals surface area contributed by atoms with Crippen molar-refractivity contribution in [3.8, 4) is 0 Å². The van der Waals surface area contributed by atoms with E-state index < -0.39 is 26.6 Å². The van der Waals surface area contributed by atoms with E-state index in [9.17, 15) is 19.4 Å². The van der Waals surface area contributed by atoms with Crippen molar-refractivity contribution in [1.29, 1.82) is 0 Å². The van der Waals surface area contributed by atoms with Crippen molar-refractivity contribution in [2.45, 2.75) is 77.4 Å². The number of phosphoric acid groups is 1. The number of unbranched alkanes of at least 4 members (excludes halogenated alkanes) is 4. The van der Waals surface area contributed by atoms with Crippen molar-refractivity contribution < 1.29 is 32.9 Å². The number of carbonyl (C=O) groups is 1. The standard InChI is InChI=1S/C23H45N2O6P/c1-6-8-10-11-12-13-14-15-16-22(26)21(24-23(27)17-9-7-2)20-31-32(28,29)30-19-18-25(3,4)5/h11-12,15-16,21-22,26H,6-10,13-14,17-20H2,1-5H3,(H-,24,27,28,29)/b12-11+,16-15+. The van der Waals surface area contributed by atoms with Crippen LogP contribution in [-0.4, -0.2) is 68.5 Å². The molecule has 0 fully saturated rings. The molecule has 32 heavy (non-hydrogen) atoms. The van der Waals surface area contributed by atoms with Crippen LogP contribution in [0.15, 0.2) is 24.3 Å². The van der Waals surface area contributed by atoms with Gasteiger partial charge < -0.3 is 28.8 Å². The van der Waals surface area contributed by atoms with Crippen molar-refractivity contribution in [3.63, 3.8) is 0 Å². The maximum absolute atomic E-state index is 12.1. The van der Waals surface area contributed by atoms with Crippen molar-refractivity contribution in [3.05, 3.63) is 24.3 Å². The summed E-state index contributed by atoms with van der Waals surface area (Å²) in [5.41, 5.74) is 0. The number of quaternary nitrogens is 1. The molecule has 0 bridgehead atoms. The molecular formula is C23H45N2O6P. The molecule has 3 unspecified atom stereocenters. The largest absolute Gasteiger partial charge is 0.756 e. The highest BCUT2D eigenvalue weighted by Crippen LogP contribution is 2.38. The molecule has 8 nitrogen and oxygen atoms in total. The number of phosphoric ester groups is 1. The SMILES string of the molecule is CCCC/C=C/CC/C=C/C(O)C(COP(=O)([O-])OCC[N+](C)(C)C)NC(=O)CCCC. The Balaban J connectivity index is 4.77. The Morgan fingerprint density at radius 2 is 1.69 bits per heavy atom. The molecule has 0 saturated carbocycles. The Morgan fingerprint density at radius 3 is 2.31 bits per heavy atom. The van der Waals surface area contributed by atoms with Gasteiger partial charge in [0, 0.05) is 6.42 Å². The summed E-state index contributed by atoms with van der Waals surface area (Å²) >= 11 is 0. The van der Waals surface area contributed by atoms with Crippen LogP contribution in [-0.2, 0) is 18.4 Å². The average molecular weight is 477 g/mol. The molecule has 0 aliphatic carbocycles. The van der Waals surface area contributed by atoms with E-state index in [-0.39, 0.29) is 12.5 Å². The van der Waals surface area contributed by atoms with Gasteiger partial charge in [-0.05, 0) is 25.7 Å². The molecule has 2 N–H and O–H groups in total. The van der Waals surface area contributed by atoms with Gasteiger partial charge in [0.25, 0.3) is 7.82 Å². The first kappa shape index (κ1) is 31.0. The number of likely N-dealkylation sites (N-methyl/N-ethyl adjacent to an activating group) is 1. The smallest absolute Gasteiger partial charge is 0.268 e. The maximum atomic E-state index is 12.1. The molecule has 0 spiro atoms. The Morgan fingerprint density at radius 1 is 1.06 bits per heavy atom. The second-order valence-electron chi connectivity index (χ2n) is 8.98. The molecule has 188 valence electrons. The highest BCUT2D eigenvalue weighted by molar-refractivity contribution is 7.45. The normalized spacial score (nSPS) is 16.3. The number of rotatable bonds is 19. The number of carbonyl (C=O) groups excluding carboxylic acids is 1. The predicted octanol–water partition coefficient (Wildman–Crippen LogP) is 3.31. The van der Waals surface area contributed by atoms with Gasteiger partial charge in [-0.1, -0.05) is 57.4 Å². The monoisotopic (exact) mass is 476 g/mol. The molecule has 0 aromatic carbocycles. The number of amides is 1. The van der Waals surface area contributed by atoms with E-state index in [0.717, 1.165) is 25.7 Å². The number of aliphatic hydroxyl groups is 1. The van der Waals surface area contributed by atoms with Gasteiger partial charge in [-0.3, -0.25) is 9.36 Å². The number of hydrogen-bond donors (Lipinski definition) is 2. The van der Waals surface area contributed by atoms with E-state index in [0.29, 0.717) is 23.9 Å². The first-order valence-electron chi connectivity index (χ1n) is 11.7. The van der Waals surface area contributed by atoms with E-state index >= 15 is 0 Å². The van der Waals surface area contributed by atoms with Gasteiger partial charge in [-0.15, -0.1) is 0 Å². The van der Waals surface area contributed by atoms with Gasteiger partial charge >= 0.3 is 0 Å². The third-order valence-corrected chi connectivity index (χ3v) is 5.63. The van der Waals surface area contributed by atoms with Crippen LogP contribution in [0.5, 0.6) is 0 Å². The third kappa shape index (κ3) is 18.5. The number of hydrogen-bond acceptors (Lipinski definition) is 6. The minimum absolute atomic E-state index is 0.00790. The van der Waals surface area contributed by atoms with Gasteiger partial charge in [-0.2, -0.15) is 0 Å². The fourth-order valence-corrected chi connectivity index (χ4v) is 3.32. The van der Waals surface area contributed by atoms with Crippen LogP contribution in [0.4, 0.5) is 0 Å². The van der Waals surface area contributed by atoms with E-state index in [1.807, 2.05) is 34.1 Å². The first-order chi connectivity index (χ1) is 15.0. The van der Waals surface area contributed by atoms with Crippen LogP contribution < -0.4 is 10.2 Å². The lowest BCUT2D eigenvalue weighted by atomic mass is 10.1. The average Bonchev–Trinajstić information content (AvgIpc) is 2.70. The third-order valence-electron chi connectivity index (χ3n) is 4.66. The Bertz CT molecular complexity index is 604. The Kier molecular flexibility index (Phi) is 16.9. The lowest BCUT2D eigenvalue weighted by Crippen LogP contribution is -2.45. The molecular weight excluding hydrogens is 431 g/mol. The van der Waals surface area contributed by atoms with Gasteiger partial charge in [0.15, 0.2) is 0 Å². The van der Waals surface area contributed by atoms with Crippen LogP contribution in [0.2, 0.25) is 0 Å². The molecule has 0 heterocycles. The van der Waals surface area contributed by atoms with Crippen molar-refractivity contribution >= 4 is 13.7 Å². The van der Waals surface area contributed by atoms with Gasteiger partial charge in [0.1, 0.15) is 13.2 Å². The zero-order valence-corrected chi connectivity index (χ0v) is 21.5. The summed E-state index contributed by atoms with van der Waals surface area (Å²) in [6.07, 6.45) is 13.5. The fraction of sp³-hybridized carbons (Fsp3) is 0.783. The molecule has 0 aliphatic heterocycles. The second-order valence-corrected chi connectivity index (χ2v) is 10.4. The van der Waals surface area contributed by atoms with Crippen LogP contribution in [0.3, 0.4) is 0 Å². The molecule has 3 atom stereocenters. The summed E-state index contributed by atoms with van der Waals surface area (Å²) in [5.74, 6) is -0.251. The van der Waals surface area contributed by atoms with Crippen LogP contribution in [0.25, 0.3) is 0 Å². The Hall–Kier alpha value is -1.02. The minimum Gasteiger partial charge on any atom is -0.756 e. The summed E-state index contributed by atoms with van der Waals surface area (Å²) in [7, 11) is 1.22. The molecule has 0 radical (unpaired) electrons. The minimum atomic E-state index is -4.54. The summed E-state index contributed by atoms with van der Waals surface area (Å²) in [4.78, 5) is 24.2. The second kappa shape index (κ2) is 17.5. The molecule has 0 aliphatic rings. The van der Waals surface area contributed by atoms with E-state index in [1.165, 1.54) is 12.8 Å². The predicted molar refractivity (Wildman–Crippen MR) is 127 cm³/mol. The van der Waals surface area contributed by atoms with Crippen LogP contribution in [0.1, 0.15) is 65.2 Å². The van der Waals surface area contributed by atoms with Crippen LogP contribution >= 0.6 is 7.82 Å². The van der Waals surface area contributed by atoms with E-state index in [1.54, 1.807) is 6.08 Å². The lowest BCUT2D eigenvalue weighted by Gasteiger charge is -2.29. The summed E-state index contributed by atoms with van der Waals surface area (Å²) in [6, 6.07) is -0.889. The highest BCUT2D eigenvalue weighted by atomic mass is 31.2. The van der Waals surface area contributed by atoms with Gasteiger partial charge in [-0.25, -0.2) is 0 Å². The number of aliphatic hydroxyl groups excluding tert-OH is 1. The number of nitrogens with one attached hydrogen (secondary N) is 1. The topological polar surface area (TPSA) is 108 Å². The number of allylic oxidation sites excluding steroid dienone is 3. The molecule has 9 heteroatoms. The zero-order chi connectivity index (χ0) is 24.5. The Labute approximate surface area is 194 Å². The van der Waals surface area contributed by atoms with E-state index in [4.69, 9.17) is 9.05 Å². The fourth-order valence-electron chi connectivity index (χ4n) is 2.60. The number of nitrogens with zero attached hydrogens (tertiary/aromatic N) is 1. The molecule has 0 rings (SSSR count). The highest BCUT2D eigenvalue weighted by Gasteiger charge is 2.22. The van der Waals surface area contributed by atoms with Crippen LogP contribution in [0, 0.1) is 0 Å². The molecule has 0 aromatic rings. The van der Waals surface area contributed by atoms with Crippen molar-refractivity contribution in [2.75, 3.05) is 40.9 Å². The van der Waals surface area contributed by atoms with Crippen molar-refractivity contribution in [2.24, 2.45) is 0 Å². The molecule has 0 aromatic heterocycles. The van der Waals surface area contributed by atoms with Crippen molar-refractivity contribution in [1.82, 2.24) is 5.32 Å². The maximum Gasteiger partial charge on any atom is 0.268 e. The van der Waals surface area contributed by atoms with Gasteiger partial charge in [0.2, 0.25) is 5.91 Å². The lowest BCUT2D eigenvalue weighted by molar-refractivity contribution is -0.870. The molecule has 1 amide bonds. The van der Waals surface area contributed by atoms with E-state index in [2.05, 4.69) is 24.4 Å². The summed E-state index contributed by atoms with van der Waals surface area (Å²) < 4.78 is 22.5. The molecule has 0 saturated heterocycles. The summed E-state index contributed by atoms with van der Waals surface area (Å²) in [5, 5.41) is 13.2. The summed E-state index contributed by atoms with van der Waals surface area (Å²) in [6.45, 7) is 4.22. The zero-order valence-electron chi connectivity index (χ0n) is 20.6. The van der Waals surface area contributed by atoms with Gasteiger partial charge in [0.05, 0.1) is 39.9 Å². The first-order valence-corrected chi connectivity index (χ1v) is 13.2. The quantitative estimate of drug-likeness (QED) is 0.128.